The van der Waals surface area contributed by atoms with Gasteiger partial charge in [0.1, 0.15) is 0 Å². The minimum Gasteiger partial charge on any atom is -0.0654 e. The minimum absolute atomic E-state index is 0.0418. The number of fused-ring (bicyclic) bond motifs is 5. The maximum absolute atomic E-state index is 2.70. The van der Waals surface area contributed by atoms with E-state index in [1.54, 1.807) is 11.1 Å². The lowest BCUT2D eigenvalue weighted by Crippen LogP contribution is -2.27. The Morgan fingerprint density at radius 1 is 0.343 bits per heavy atom. The van der Waals surface area contributed by atoms with Crippen molar-refractivity contribution in [3.05, 3.63) is 156 Å². The van der Waals surface area contributed by atoms with Crippen molar-refractivity contribution in [3.63, 3.8) is 0 Å². The quantitative estimate of drug-likeness (QED) is 0.0443. The van der Waals surface area contributed by atoms with Gasteiger partial charge >= 0.3 is 0 Å². The molecular formula is C67H82. The SMILES string of the molecule is CCCCCCCCC1(CCCCCCCC)c2cc(-c3ccc(-c4c5ccccc5c(-c5ccc(C(C)(CC)CC)cc5)c5ccccc45)cc3)ccc2-c2ccc(C(C)(CC)CC)cc21. The number of unbranched alkanes of at least 4 members (excludes halogenated alkanes) is 10. The van der Waals surface area contributed by atoms with Gasteiger partial charge < -0.3 is 0 Å². The first kappa shape index (κ1) is 48.5. The van der Waals surface area contributed by atoms with Gasteiger partial charge in [-0.05, 0) is 144 Å². The molecule has 0 saturated carbocycles. The molecule has 0 aromatic heterocycles. The molecule has 0 heteroatoms. The van der Waals surface area contributed by atoms with Crippen LogP contribution in [0.15, 0.2) is 133 Å². The Bertz CT molecular complexity index is 2640. The van der Waals surface area contributed by atoms with Crippen molar-refractivity contribution in [3.8, 4) is 44.5 Å². The lowest BCUT2D eigenvalue weighted by atomic mass is 9.68. The van der Waals surface area contributed by atoms with Gasteiger partial charge in [0.05, 0.1) is 0 Å². The van der Waals surface area contributed by atoms with E-state index in [2.05, 4.69) is 189 Å². The Morgan fingerprint density at radius 2 is 0.701 bits per heavy atom. The molecule has 0 bridgehead atoms. The van der Waals surface area contributed by atoms with Gasteiger partial charge in [-0.25, -0.2) is 0 Å². The lowest BCUT2D eigenvalue weighted by Gasteiger charge is -2.35. The number of rotatable bonds is 23. The highest BCUT2D eigenvalue weighted by atomic mass is 14.5. The monoisotopic (exact) mass is 887 g/mol. The maximum Gasteiger partial charge on any atom is 0.0215 e. The van der Waals surface area contributed by atoms with Crippen LogP contribution in [0.3, 0.4) is 0 Å². The summed E-state index contributed by atoms with van der Waals surface area (Å²) in [5.41, 5.74) is 17.4. The third-order valence-electron chi connectivity index (χ3n) is 17.4. The van der Waals surface area contributed by atoms with Gasteiger partial charge in [0.15, 0.2) is 0 Å². The largest absolute Gasteiger partial charge is 0.0654 e. The van der Waals surface area contributed by atoms with Crippen LogP contribution in [0.5, 0.6) is 0 Å². The van der Waals surface area contributed by atoms with Crippen molar-refractivity contribution >= 4 is 21.5 Å². The second kappa shape index (κ2) is 21.6. The van der Waals surface area contributed by atoms with Crippen LogP contribution in [-0.2, 0) is 16.2 Å². The minimum atomic E-state index is 0.0418. The average Bonchev–Trinajstić information content (AvgIpc) is 3.65. The van der Waals surface area contributed by atoms with E-state index >= 15 is 0 Å². The zero-order valence-corrected chi connectivity index (χ0v) is 42.9. The molecule has 0 heterocycles. The Hall–Kier alpha value is -4.94. The molecule has 0 spiro atoms. The van der Waals surface area contributed by atoms with Gasteiger partial charge in [0, 0.05) is 5.41 Å². The molecule has 1 aliphatic carbocycles. The normalized spacial score (nSPS) is 13.4. The molecule has 0 unspecified atom stereocenters. The van der Waals surface area contributed by atoms with E-state index in [4.69, 9.17) is 0 Å². The molecule has 67 heavy (non-hydrogen) atoms. The summed E-state index contributed by atoms with van der Waals surface area (Å²) in [6, 6.07) is 52.6. The molecule has 0 nitrogen and oxygen atoms in total. The number of benzene rings is 7. The maximum atomic E-state index is 2.70. The second-order valence-corrected chi connectivity index (χ2v) is 21.2. The van der Waals surface area contributed by atoms with Crippen molar-refractivity contribution in [2.75, 3.05) is 0 Å². The molecule has 8 rings (SSSR count). The molecular weight excluding hydrogens is 805 g/mol. The first-order valence-electron chi connectivity index (χ1n) is 27.1. The van der Waals surface area contributed by atoms with Crippen molar-refractivity contribution in [1.29, 1.82) is 0 Å². The molecule has 7 aromatic carbocycles. The summed E-state index contributed by atoms with van der Waals surface area (Å²) >= 11 is 0. The molecule has 0 atom stereocenters. The Labute approximate surface area is 407 Å². The fraction of sp³-hybridized carbons (Fsp3) is 0.433. The fourth-order valence-electron chi connectivity index (χ4n) is 12.1. The van der Waals surface area contributed by atoms with Crippen molar-refractivity contribution in [2.24, 2.45) is 0 Å². The third kappa shape index (κ3) is 9.59. The smallest absolute Gasteiger partial charge is 0.0215 e. The summed E-state index contributed by atoms with van der Waals surface area (Å²) in [7, 11) is 0. The van der Waals surface area contributed by atoms with Crippen LogP contribution in [0.4, 0.5) is 0 Å². The fourth-order valence-corrected chi connectivity index (χ4v) is 12.1. The van der Waals surface area contributed by atoms with Crippen LogP contribution in [0.2, 0.25) is 0 Å². The first-order chi connectivity index (χ1) is 32.7. The topological polar surface area (TPSA) is 0 Å². The summed E-state index contributed by atoms with van der Waals surface area (Å²) in [5.74, 6) is 0. The molecule has 0 N–H and O–H groups in total. The summed E-state index contributed by atoms with van der Waals surface area (Å²) in [6.07, 6.45) is 23.1. The first-order valence-corrected chi connectivity index (χ1v) is 27.1. The molecule has 0 fully saturated rings. The molecule has 0 amide bonds. The van der Waals surface area contributed by atoms with Crippen LogP contribution in [0.1, 0.15) is 193 Å². The highest BCUT2D eigenvalue weighted by molar-refractivity contribution is 6.21. The van der Waals surface area contributed by atoms with E-state index in [-0.39, 0.29) is 16.2 Å². The van der Waals surface area contributed by atoms with Crippen molar-refractivity contribution in [2.45, 2.75) is 187 Å². The predicted molar refractivity (Wildman–Crippen MR) is 296 cm³/mol. The molecule has 7 aromatic rings. The summed E-state index contributed by atoms with van der Waals surface area (Å²) in [6.45, 7) is 19.0. The van der Waals surface area contributed by atoms with Gasteiger partial charge in [-0.15, -0.1) is 0 Å². The van der Waals surface area contributed by atoms with Crippen LogP contribution >= 0.6 is 0 Å². The molecule has 0 aliphatic heterocycles. The Morgan fingerprint density at radius 3 is 1.16 bits per heavy atom. The van der Waals surface area contributed by atoms with Gasteiger partial charge in [0.25, 0.3) is 0 Å². The van der Waals surface area contributed by atoms with Crippen molar-refractivity contribution < 1.29 is 0 Å². The summed E-state index contributed by atoms with van der Waals surface area (Å²) < 4.78 is 0. The summed E-state index contributed by atoms with van der Waals surface area (Å²) in [5, 5.41) is 5.25. The number of hydrogen-bond donors (Lipinski definition) is 0. The average molecular weight is 887 g/mol. The van der Waals surface area contributed by atoms with Crippen molar-refractivity contribution in [1.82, 2.24) is 0 Å². The zero-order valence-electron chi connectivity index (χ0n) is 42.9. The van der Waals surface area contributed by atoms with E-state index in [0.29, 0.717) is 0 Å². The number of hydrogen-bond acceptors (Lipinski definition) is 0. The van der Waals surface area contributed by atoms with E-state index < -0.39 is 0 Å². The molecule has 1 aliphatic rings. The van der Waals surface area contributed by atoms with Crippen LogP contribution in [0.25, 0.3) is 66.1 Å². The Kier molecular flexibility index (Phi) is 15.6. The van der Waals surface area contributed by atoms with Crippen LogP contribution in [-0.4, -0.2) is 0 Å². The predicted octanol–water partition coefficient (Wildman–Crippen LogP) is 20.9. The third-order valence-corrected chi connectivity index (χ3v) is 17.4. The summed E-state index contributed by atoms with van der Waals surface area (Å²) in [4.78, 5) is 0. The molecule has 350 valence electrons. The Balaban J connectivity index is 1.20. The highest BCUT2D eigenvalue weighted by Crippen LogP contribution is 2.56. The van der Waals surface area contributed by atoms with Crippen LogP contribution < -0.4 is 0 Å². The van der Waals surface area contributed by atoms with E-state index in [0.717, 1.165) is 12.8 Å². The van der Waals surface area contributed by atoms with Gasteiger partial charge in [-0.2, -0.15) is 0 Å². The standard InChI is InChI=1S/C67H82/c1-9-15-17-19-21-27-45-67(46-28-22-20-18-16-10-2)61-47-52(39-43-55(61)56-44-42-54(48-62(56)67)66(8,13-5)14-6)49-33-35-50(36-34-49)63-57-29-23-25-31-59(57)64(60-32-26-24-30-58(60)63)51-37-40-53(41-38-51)65(7,11-3)12-4/h23-26,29-44,47-48H,9-22,27-28,45-46H2,1-8H3. The lowest BCUT2D eigenvalue weighted by molar-refractivity contribution is 0.395. The van der Waals surface area contributed by atoms with E-state index in [9.17, 15) is 0 Å². The van der Waals surface area contributed by atoms with Crippen LogP contribution in [0, 0.1) is 0 Å². The zero-order chi connectivity index (χ0) is 47.0. The van der Waals surface area contributed by atoms with Gasteiger partial charge in [-0.1, -0.05) is 260 Å². The second-order valence-electron chi connectivity index (χ2n) is 21.2. The van der Waals surface area contributed by atoms with E-state index in [1.165, 1.54) is 180 Å². The highest BCUT2D eigenvalue weighted by Gasteiger charge is 2.43. The van der Waals surface area contributed by atoms with Gasteiger partial charge in [0.2, 0.25) is 0 Å². The molecule has 0 saturated heterocycles. The molecule has 0 radical (unpaired) electrons. The van der Waals surface area contributed by atoms with E-state index in [1.807, 2.05) is 0 Å². The van der Waals surface area contributed by atoms with Gasteiger partial charge in [-0.3, -0.25) is 0 Å².